The number of hydrogen-bond acceptors (Lipinski definition) is 3. The van der Waals surface area contributed by atoms with Crippen molar-refractivity contribution in [1.29, 1.82) is 5.26 Å². The summed E-state index contributed by atoms with van der Waals surface area (Å²) in [5, 5.41) is 13.8. The fourth-order valence-corrected chi connectivity index (χ4v) is 2.35. The van der Waals surface area contributed by atoms with Gasteiger partial charge in [-0.1, -0.05) is 30.3 Å². The molecular weight excluding hydrogens is 258 g/mol. The van der Waals surface area contributed by atoms with Crippen LogP contribution in [0, 0.1) is 18.3 Å². The molecule has 3 rings (SSSR count). The first-order chi connectivity index (χ1) is 10.3. The van der Waals surface area contributed by atoms with Crippen LogP contribution >= 0.6 is 0 Å². The zero-order valence-electron chi connectivity index (χ0n) is 11.7. The number of nitriles is 1. The number of aromatic nitrogens is 1. The van der Waals surface area contributed by atoms with Gasteiger partial charge in [0.1, 0.15) is 6.04 Å². The number of para-hydroxylation sites is 1. The Hall–Kier alpha value is -2.86. The summed E-state index contributed by atoms with van der Waals surface area (Å²) < 4.78 is 0. The normalized spacial score (nSPS) is 11.8. The SMILES string of the molecule is Cc1ccccc1NC(C#N)c1ccc2ncccc2c1. The maximum Gasteiger partial charge on any atom is 0.140 e. The molecular formula is C18H15N3. The monoisotopic (exact) mass is 273 g/mol. The fraction of sp³-hybridized carbons (Fsp3) is 0.111. The molecule has 1 atom stereocenters. The number of nitrogens with one attached hydrogen (secondary N) is 1. The van der Waals surface area contributed by atoms with Crippen LogP contribution in [0.25, 0.3) is 10.9 Å². The third-order valence-corrected chi connectivity index (χ3v) is 3.53. The van der Waals surface area contributed by atoms with Crippen molar-refractivity contribution in [3.05, 3.63) is 71.9 Å². The predicted octanol–water partition coefficient (Wildman–Crippen LogP) is 4.22. The number of rotatable bonds is 3. The van der Waals surface area contributed by atoms with E-state index in [1.54, 1.807) is 6.20 Å². The number of hydrogen-bond donors (Lipinski definition) is 1. The molecule has 2 aromatic carbocycles. The second-order valence-corrected chi connectivity index (χ2v) is 4.98. The van der Waals surface area contributed by atoms with Gasteiger partial charge >= 0.3 is 0 Å². The van der Waals surface area contributed by atoms with Gasteiger partial charge in [-0.3, -0.25) is 4.98 Å². The van der Waals surface area contributed by atoms with E-state index in [4.69, 9.17) is 0 Å². The molecule has 3 nitrogen and oxygen atoms in total. The molecule has 1 N–H and O–H groups in total. The molecule has 21 heavy (non-hydrogen) atoms. The van der Waals surface area contributed by atoms with Crippen LogP contribution in [0.2, 0.25) is 0 Å². The minimum Gasteiger partial charge on any atom is -0.366 e. The van der Waals surface area contributed by atoms with Gasteiger partial charge in [0.15, 0.2) is 0 Å². The summed E-state index contributed by atoms with van der Waals surface area (Å²) in [7, 11) is 0. The zero-order valence-corrected chi connectivity index (χ0v) is 11.7. The van der Waals surface area contributed by atoms with Crippen LogP contribution in [0.1, 0.15) is 17.2 Å². The molecule has 0 radical (unpaired) electrons. The summed E-state index contributed by atoms with van der Waals surface area (Å²) in [5.74, 6) is 0. The number of fused-ring (bicyclic) bond motifs is 1. The Morgan fingerprint density at radius 3 is 2.76 bits per heavy atom. The fourth-order valence-electron chi connectivity index (χ4n) is 2.35. The highest BCUT2D eigenvalue weighted by Crippen LogP contribution is 2.24. The zero-order chi connectivity index (χ0) is 14.7. The van der Waals surface area contributed by atoms with E-state index >= 15 is 0 Å². The van der Waals surface area contributed by atoms with Crippen LogP contribution in [0.15, 0.2) is 60.8 Å². The van der Waals surface area contributed by atoms with Crippen molar-refractivity contribution < 1.29 is 0 Å². The van der Waals surface area contributed by atoms with Crippen LogP contribution < -0.4 is 5.32 Å². The van der Waals surface area contributed by atoms with E-state index in [0.29, 0.717) is 0 Å². The molecule has 0 aliphatic heterocycles. The molecule has 0 fully saturated rings. The van der Waals surface area contributed by atoms with Gasteiger partial charge in [-0.05, 0) is 42.3 Å². The van der Waals surface area contributed by atoms with Crippen LogP contribution in [-0.2, 0) is 0 Å². The van der Waals surface area contributed by atoms with E-state index in [9.17, 15) is 5.26 Å². The first-order valence-electron chi connectivity index (χ1n) is 6.84. The Kier molecular flexibility index (Phi) is 3.53. The summed E-state index contributed by atoms with van der Waals surface area (Å²) >= 11 is 0. The molecule has 1 heterocycles. The van der Waals surface area contributed by atoms with Crippen molar-refractivity contribution >= 4 is 16.6 Å². The highest BCUT2D eigenvalue weighted by molar-refractivity contribution is 5.79. The van der Waals surface area contributed by atoms with Gasteiger partial charge in [0.2, 0.25) is 0 Å². The Morgan fingerprint density at radius 1 is 1.10 bits per heavy atom. The molecule has 1 aromatic heterocycles. The lowest BCUT2D eigenvalue weighted by Crippen LogP contribution is -2.09. The molecule has 1 unspecified atom stereocenters. The molecule has 102 valence electrons. The Labute approximate surface area is 123 Å². The van der Waals surface area contributed by atoms with Crippen molar-refractivity contribution in [2.45, 2.75) is 13.0 Å². The second-order valence-electron chi connectivity index (χ2n) is 4.98. The first-order valence-corrected chi connectivity index (χ1v) is 6.84. The second kappa shape index (κ2) is 5.64. The topological polar surface area (TPSA) is 48.7 Å². The first kappa shape index (κ1) is 13.1. The highest BCUT2D eigenvalue weighted by atomic mass is 14.9. The van der Waals surface area contributed by atoms with Crippen LogP contribution in [-0.4, -0.2) is 4.98 Å². The third-order valence-electron chi connectivity index (χ3n) is 3.53. The molecule has 0 saturated carbocycles. The largest absolute Gasteiger partial charge is 0.366 e. The van der Waals surface area contributed by atoms with E-state index < -0.39 is 0 Å². The molecule has 0 spiro atoms. The van der Waals surface area contributed by atoms with Gasteiger partial charge in [-0.2, -0.15) is 5.26 Å². The van der Waals surface area contributed by atoms with Crippen molar-refractivity contribution in [1.82, 2.24) is 4.98 Å². The number of pyridine rings is 1. The summed E-state index contributed by atoms with van der Waals surface area (Å²) in [6.45, 7) is 2.03. The summed E-state index contributed by atoms with van der Waals surface area (Å²) in [6, 6.07) is 19.8. The van der Waals surface area contributed by atoms with Crippen molar-refractivity contribution in [3.8, 4) is 6.07 Å². The van der Waals surface area contributed by atoms with Crippen LogP contribution in [0.4, 0.5) is 5.69 Å². The Bertz CT molecular complexity index is 818. The quantitative estimate of drug-likeness (QED) is 0.777. The molecule has 0 bridgehead atoms. The van der Waals surface area contributed by atoms with Gasteiger partial charge in [0.25, 0.3) is 0 Å². The summed E-state index contributed by atoms with van der Waals surface area (Å²) in [4.78, 5) is 4.30. The predicted molar refractivity (Wildman–Crippen MR) is 84.9 cm³/mol. The Balaban J connectivity index is 1.95. The van der Waals surface area contributed by atoms with Crippen molar-refractivity contribution in [3.63, 3.8) is 0 Å². The van der Waals surface area contributed by atoms with Crippen molar-refractivity contribution in [2.24, 2.45) is 0 Å². The van der Waals surface area contributed by atoms with Gasteiger partial charge in [-0.25, -0.2) is 0 Å². The standard InChI is InChI=1S/C18H15N3/c1-13-5-2-3-7-16(13)21-18(12-19)15-8-9-17-14(11-15)6-4-10-20-17/h2-11,18,21H,1H3. The summed E-state index contributed by atoms with van der Waals surface area (Å²) in [5.41, 5.74) is 3.99. The van der Waals surface area contributed by atoms with Crippen molar-refractivity contribution in [2.75, 3.05) is 5.32 Å². The van der Waals surface area contributed by atoms with Crippen LogP contribution in [0.5, 0.6) is 0 Å². The van der Waals surface area contributed by atoms with E-state index in [2.05, 4.69) is 16.4 Å². The molecule has 0 aliphatic rings. The average Bonchev–Trinajstić information content (AvgIpc) is 2.54. The van der Waals surface area contributed by atoms with Gasteiger partial charge in [-0.15, -0.1) is 0 Å². The number of nitrogens with zero attached hydrogens (tertiary/aromatic N) is 2. The Morgan fingerprint density at radius 2 is 1.95 bits per heavy atom. The van der Waals surface area contributed by atoms with E-state index in [-0.39, 0.29) is 6.04 Å². The minimum absolute atomic E-state index is 0.379. The molecule has 3 heteroatoms. The minimum atomic E-state index is -0.379. The lowest BCUT2D eigenvalue weighted by atomic mass is 10.0. The molecule has 0 saturated heterocycles. The summed E-state index contributed by atoms with van der Waals surface area (Å²) in [6.07, 6.45) is 1.77. The van der Waals surface area contributed by atoms with Crippen LogP contribution in [0.3, 0.4) is 0 Å². The highest BCUT2D eigenvalue weighted by Gasteiger charge is 2.11. The smallest absolute Gasteiger partial charge is 0.140 e. The van der Waals surface area contributed by atoms with Gasteiger partial charge in [0.05, 0.1) is 11.6 Å². The molecule has 0 aliphatic carbocycles. The third kappa shape index (κ3) is 2.70. The lowest BCUT2D eigenvalue weighted by Gasteiger charge is -2.15. The number of aryl methyl sites for hydroxylation is 1. The average molecular weight is 273 g/mol. The lowest BCUT2D eigenvalue weighted by molar-refractivity contribution is 0.996. The van der Waals surface area contributed by atoms with E-state index in [1.807, 2.05) is 61.5 Å². The number of benzene rings is 2. The molecule has 0 amide bonds. The van der Waals surface area contributed by atoms with E-state index in [0.717, 1.165) is 27.7 Å². The maximum atomic E-state index is 9.48. The van der Waals surface area contributed by atoms with Gasteiger partial charge < -0.3 is 5.32 Å². The van der Waals surface area contributed by atoms with E-state index in [1.165, 1.54) is 0 Å². The molecule has 3 aromatic rings. The maximum absolute atomic E-state index is 9.48. The van der Waals surface area contributed by atoms with Gasteiger partial charge in [0, 0.05) is 17.3 Å². The number of anilines is 1.